The van der Waals surface area contributed by atoms with Crippen LogP contribution in [0.15, 0.2) is 22.7 Å². The molecule has 116 valence electrons. The summed E-state index contributed by atoms with van der Waals surface area (Å²) in [5, 5.41) is 3.00. The number of halogens is 2. The Kier molecular flexibility index (Phi) is 5.58. The van der Waals surface area contributed by atoms with Crippen LogP contribution in [0.5, 0.6) is 5.75 Å². The normalized spacial score (nSPS) is 22.9. The van der Waals surface area contributed by atoms with Crippen LogP contribution in [0.25, 0.3) is 0 Å². The first-order valence-electron chi connectivity index (χ1n) is 7.13. The predicted molar refractivity (Wildman–Crippen MR) is 82.5 cm³/mol. The Bertz CT molecular complexity index is 512. The van der Waals surface area contributed by atoms with Crippen molar-refractivity contribution in [3.63, 3.8) is 0 Å². The van der Waals surface area contributed by atoms with Crippen molar-refractivity contribution < 1.29 is 13.9 Å². The summed E-state index contributed by atoms with van der Waals surface area (Å²) in [6, 6.07) is 4.24. The van der Waals surface area contributed by atoms with E-state index in [2.05, 4.69) is 21.2 Å². The van der Waals surface area contributed by atoms with Crippen LogP contribution < -0.4 is 15.8 Å². The summed E-state index contributed by atoms with van der Waals surface area (Å²) in [6.07, 6.45) is 2.46. The molecule has 0 radical (unpaired) electrons. The van der Waals surface area contributed by atoms with Gasteiger partial charge < -0.3 is 15.8 Å². The maximum atomic E-state index is 13.0. The molecule has 0 saturated heterocycles. The summed E-state index contributed by atoms with van der Waals surface area (Å²) >= 11 is 3.22. The van der Waals surface area contributed by atoms with Gasteiger partial charge in [-0.05, 0) is 66.4 Å². The van der Waals surface area contributed by atoms with Crippen LogP contribution in [0.3, 0.4) is 0 Å². The minimum Gasteiger partial charge on any atom is -0.480 e. The van der Waals surface area contributed by atoms with E-state index in [0.717, 1.165) is 19.3 Å². The second kappa shape index (κ2) is 7.22. The number of hydrogen-bond donors (Lipinski definition) is 2. The zero-order valence-electron chi connectivity index (χ0n) is 11.9. The van der Waals surface area contributed by atoms with Crippen LogP contribution in [0, 0.1) is 11.7 Å². The Morgan fingerprint density at radius 3 is 3.00 bits per heavy atom. The Morgan fingerprint density at radius 1 is 1.57 bits per heavy atom. The highest BCUT2D eigenvalue weighted by Gasteiger charge is 2.29. The van der Waals surface area contributed by atoms with E-state index < -0.39 is 6.10 Å². The number of nitrogens with one attached hydrogen (secondary N) is 1. The number of carbonyl (C=O) groups is 1. The van der Waals surface area contributed by atoms with Crippen molar-refractivity contribution in [1.29, 1.82) is 0 Å². The van der Waals surface area contributed by atoms with Gasteiger partial charge in [0.15, 0.2) is 6.10 Å². The highest BCUT2D eigenvalue weighted by Crippen LogP contribution is 2.27. The molecule has 3 N–H and O–H groups in total. The van der Waals surface area contributed by atoms with Crippen molar-refractivity contribution in [2.75, 3.05) is 6.54 Å². The van der Waals surface area contributed by atoms with Crippen molar-refractivity contribution in [1.82, 2.24) is 5.32 Å². The molecular weight excluding hydrogens is 339 g/mol. The summed E-state index contributed by atoms with van der Waals surface area (Å²) in [7, 11) is 0. The van der Waals surface area contributed by atoms with Crippen molar-refractivity contribution in [2.24, 2.45) is 11.7 Å². The molecule has 1 aliphatic carbocycles. The summed E-state index contributed by atoms with van der Waals surface area (Å²) in [6.45, 7) is 2.27. The molecule has 3 atom stereocenters. The molecule has 0 bridgehead atoms. The molecule has 2 rings (SSSR count). The number of hydrogen-bond acceptors (Lipinski definition) is 3. The first-order chi connectivity index (χ1) is 10.0. The molecule has 0 spiro atoms. The molecule has 1 aromatic carbocycles. The molecular formula is C15H20BrFN2O2. The maximum Gasteiger partial charge on any atom is 0.261 e. The van der Waals surface area contributed by atoms with Crippen molar-refractivity contribution in [3.05, 3.63) is 28.5 Å². The molecule has 3 unspecified atom stereocenters. The van der Waals surface area contributed by atoms with E-state index in [1.807, 2.05) is 0 Å². The highest BCUT2D eigenvalue weighted by atomic mass is 79.9. The van der Waals surface area contributed by atoms with Crippen LogP contribution in [-0.2, 0) is 4.79 Å². The fraction of sp³-hybridized carbons (Fsp3) is 0.533. The first kappa shape index (κ1) is 16.2. The molecule has 1 aromatic rings. The largest absolute Gasteiger partial charge is 0.480 e. The smallest absolute Gasteiger partial charge is 0.261 e. The number of ether oxygens (including phenoxy) is 1. The van der Waals surface area contributed by atoms with Crippen LogP contribution in [0.4, 0.5) is 4.39 Å². The van der Waals surface area contributed by atoms with Crippen molar-refractivity contribution in [3.8, 4) is 5.75 Å². The number of benzene rings is 1. The van der Waals surface area contributed by atoms with E-state index in [9.17, 15) is 9.18 Å². The monoisotopic (exact) mass is 358 g/mol. The summed E-state index contributed by atoms with van der Waals surface area (Å²) in [5.74, 6) is 0.263. The summed E-state index contributed by atoms with van der Waals surface area (Å²) in [5.41, 5.74) is 5.71. The molecule has 1 amide bonds. The molecule has 1 aliphatic rings. The van der Waals surface area contributed by atoms with E-state index >= 15 is 0 Å². The zero-order valence-corrected chi connectivity index (χ0v) is 13.5. The Morgan fingerprint density at radius 2 is 2.33 bits per heavy atom. The predicted octanol–water partition coefficient (Wildman–Crippen LogP) is 2.60. The number of carbonyl (C=O) groups excluding carboxylic acids is 1. The van der Waals surface area contributed by atoms with Gasteiger partial charge in [0.1, 0.15) is 11.6 Å². The Balaban J connectivity index is 1.93. The van der Waals surface area contributed by atoms with Crippen LogP contribution in [0.2, 0.25) is 0 Å². The third kappa shape index (κ3) is 4.17. The lowest BCUT2D eigenvalue weighted by Crippen LogP contribution is -2.45. The van der Waals surface area contributed by atoms with Gasteiger partial charge in [-0.25, -0.2) is 4.39 Å². The van der Waals surface area contributed by atoms with Gasteiger partial charge in [-0.1, -0.05) is 6.42 Å². The Labute approximate surface area is 132 Å². The SMILES string of the molecule is CC(Oc1ccc(F)cc1Br)C(=O)NC1CCCC1CN. The summed E-state index contributed by atoms with van der Waals surface area (Å²) < 4.78 is 19.1. The second-order valence-corrected chi connectivity index (χ2v) is 6.23. The van der Waals surface area contributed by atoms with E-state index in [1.54, 1.807) is 6.92 Å². The minimum absolute atomic E-state index is 0.130. The third-order valence-corrected chi connectivity index (χ3v) is 4.48. The van der Waals surface area contributed by atoms with Gasteiger partial charge in [0, 0.05) is 6.04 Å². The average Bonchev–Trinajstić information content (AvgIpc) is 2.89. The fourth-order valence-corrected chi connectivity index (χ4v) is 3.07. The summed E-state index contributed by atoms with van der Waals surface area (Å²) in [4.78, 5) is 12.2. The average molecular weight is 359 g/mol. The van der Waals surface area contributed by atoms with Gasteiger partial charge in [0.2, 0.25) is 0 Å². The fourth-order valence-electron chi connectivity index (χ4n) is 2.62. The van der Waals surface area contributed by atoms with E-state index in [4.69, 9.17) is 10.5 Å². The Hall–Kier alpha value is -1.14. The van der Waals surface area contributed by atoms with E-state index in [1.165, 1.54) is 18.2 Å². The zero-order chi connectivity index (χ0) is 15.4. The maximum absolute atomic E-state index is 13.0. The van der Waals surface area contributed by atoms with E-state index in [-0.39, 0.29) is 17.8 Å². The molecule has 4 nitrogen and oxygen atoms in total. The number of amides is 1. The van der Waals surface area contributed by atoms with Gasteiger partial charge in [0.25, 0.3) is 5.91 Å². The molecule has 0 aromatic heterocycles. The molecule has 6 heteroatoms. The van der Waals surface area contributed by atoms with Gasteiger partial charge in [-0.3, -0.25) is 4.79 Å². The molecule has 1 fully saturated rings. The van der Waals surface area contributed by atoms with Crippen LogP contribution >= 0.6 is 15.9 Å². The first-order valence-corrected chi connectivity index (χ1v) is 7.92. The molecule has 21 heavy (non-hydrogen) atoms. The van der Waals surface area contributed by atoms with Gasteiger partial charge in [-0.15, -0.1) is 0 Å². The number of nitrogens with two attached hydrogens (primary N) is 1. The third-order valence-electron chi connectivity index (χ3n) is 3.86. The van der Waals surface area contributed by atoms with Crippen molar-refractivity contribution >= 4 is 21.8 Å². The quantitative estimate of drug-likeness (QED) is 0.850. The van der Waals surface area contributed by atoms with Crippen molar-refractivity contribution in [2.45, 2.75) is 38.3 Å². The van der Waals surface area contributed by atoms with Gasteiger partial charge in [-0.2, -0.15) is 0 Å². The minimum atomic E-state index is -0.647. The van der Waals surface area contributed by atoms with E-state index in [0.29, 0.717) is 22.7 Å². The lowest BCUT2D eigenvalue weighted by atomic mass is 10.0. The highest BCUT2D eigenvalue weighted by molar-refractivity contribution is 9.10. The lowest BCUT2D eigenvalue weighted by Gasteiger charge is -2.22. The van der Waals surface area contributed by atoms with Crippen LogP contribution in [0.1, 0.15) is 26.2 Å². The molecule has 0 aliphatic heterocycles. The standard InChI is InChI=1S/C15H20BrFN2O2/c1-9(21-14-6-5-11(17)7-12(14)16)15(20)19-13-4-2-3-10(13)8-18/h5-7,9-10,13H,2-4,8,18H2,1H3,(H,19,20). The lowest BCUT2D eigenvalue weighted by molar-refractivity contribution is -0.128. The van der Waals surface area contributed by atoms with Gasteiger partial charge in [0.05, 0.1) is 4.47 Å². The van der Waals surface area contributed by atoms with Gasteiger partial charge >= 0.3 is 0 Å². The molecule has 0 heterocycles. The molecule has 1 saturated carbocycles. The number of rotatable bonds is 5. The topological polar surface area (TPSA) is 64.3 Å². The van der Waals surface area contributed by atoms with Crippen LogP contribution in [-0.4, -0.2) is 24.6 Å². The second-order valence-electron chi connectivity index (χ2n) is 5.38.